The zero-order chi connectivity index (χ0) is 28.0. The Bertz CT molecular complexity index is 1150. The average Bonchev–Trinajstić information content (AvgIpc) is 3.45. The average molecular weight is 535 g/mol. The monoisotopic (exact) mass is 534 g/mol. The van der Waals surface area contributed by atoms with Crippen molar-refractivity contribution in [1.82, 2.24) is 0 Å². The van der Waals surface area contributed by atoms with Crippen molar-refractivity contribution in [1.29, 1.82) is 0 Å². The van der Waals surface area contributed by atoms with Gasteiger partial charge in [-0.25, -0.2) is 0 Å². The van der Waals surface area contributed by atoms with E-state index in [4.69, 9.17) is 0 Å². The van der Waals surface area contributed by atoms with Crippen LogP contribution in [0.15, 0.2) is 77.5 Å². The van der Waals surface area contributed by atoms with Crippen LogP contribution in [0.4, 0.5) is 0 Å². The highest BCUT2D eigenvalue weighted by molar-refractivity contribution is 7.16. The van der Waals surface area contributed by atoms with Gasteiger partial charge in [0.15, 0.2) is 8.07 Å². The van der Waals surface area contributed by atoms with Gasteiger partial charge in [0.25, 0.3) is 0 Å². The van der Waals surface area contributed by atoms with Gasteiger partial charge in [0, 0.05) is 0 Å². The summed E-state index contributed by atoms with van der Waals surface area (Å²) in [5.41, 5.74) is 10.5. The lowest BCUT2D eigenvalue weighted by Gasteiger charge is -2.38. The first-order valence-corrected chi connectivity index (χ1v) is 17.8. The molecule has 1 aliphatic rings. The lowest BCUT2D eigenvalue weighted by molar-refractivity contribution is 0.924. The molecular weight excluding hydrogens is 485 g/mol. The molecule has 0 fully saturated rings. The van der Waals surface area contributed by atoms with Crippen LogP contribution in [0.1, 0.15) is 101 Å². The number of aryl methyl sites for hydroxylation is 6. The molecule has 1 aliphatic carbocycles. The van der Waals surface area contributed by atoms with Crippen LogP contribution in [-0.4, -0.2) is 8.07 Å². The van der Waals surface area contributed by atoms with E-state index < -0.39 is 8.07 Å². The Morgan fingerprint density at radius 2 is 0.821 bits per heavy atom. The molecular formula is C38H50Si. The van der Waals surface area contributed by atoms with Gasteiger partial charge in [-0.2, -0.15) is 0 Å². The van der Waals surface area contributed by atoms with Gasteiger partial charge >= 0.3 is 0 Å². The standard InChI is InChI=1S/C38H50Si/c1-8-16-34-17-15-18-38(34)39(35-22-28(9-2)19-29(10-3)23-35,36-24-30(11-4)20-31(12-5)25-36)37-26-32(13-6)21-33(14-7)27-37/h15,17,19-27H,8-14,16,18H2,1-7H3. The normalized spacial score (nSPS) is 13.5. The number of allylic oxidation sites excluding steroid dienone is 4. The summed E-state index contributed by atoms with van der Waals surface area (Å²) in [4.78, 5) is 0. The van der Waals surface area contributed by atoms with Crippen molar-refractivity contribution in [2.24, 2.45) is 0 Å². The van der Waals surface area contributed by atoms with E-state index in [0.717, 1.165) is 51.4 Å². The topological polar surface area (TPSA) is 0 Å². The van der Waals surface area contributed by atoms with Crippen LogP contribution in [0.3, 0.4) is 0 Å². The van der Waals surface area contributed by atoms with Crippen LogP contribution >= 0.6 is 0 Å². The van der Waals surface area contributed by atoms with Gasteiger partial charge in [-0.3, -0.25) is 0 Å². The molecule has 0 spiro atoms. The molecule has 0 amide bonds. The minimum Gasteiger partial charge on any atom is -0.0805 e. The summed E-state index contributed by atoms with van der Waals surface area (Å²) in [5, 5.41) is 6.51. The second-order valence-corrected chi connectivity index (χ2v) is 15.2. The summed E-state index contributed by atoms with van der Waals surface area (Å²) in [6, 6.07) is 23.0. The fraction of sp³-hybridized carbons (Fsp3) is 0.421. The molecule has 206 valence electrons. The Kier molecular flexibility index (Phi) is 9.89. The highest BCUT2D eigenvalue weighted by Crippen LogP contribution is 2.33. The Labute approximate surface area is 240 Å². The molecule has 0 saturated heterocycles. The Balaban J connectivity index is 2.26. The Hall–Kier alpha value is -2.64. The molecule has 0 bridgehead atoms. The molecule has 0 radical (unpaired) electrons. The van der Waals surface area contributed by atoms with Crippen molar-refractivity contribution in [2.45, 2.75) is 106 Å². The Morgan fingerprint density at radius 3 is 1.10 bits per heavy atom. The maximum Gasteiger partial charge on any atom is 0.176 e. The second-order valence-electron chi connectivity index (χ2n) is 11.3. The third-order valence-corrected chi connectivity index (χ3v) is 13.8. The number of rotatable bonds is 12. The van der Waals surface area contributed by atoms with Gasteiger partial charge in [-0.05, 0) is 100 Å². The van der Waals surface area contributed by atoms with E-state index in [9.17, 15) is 0 Å². The molecule has 4 rings (SSSR count). The summed E-state index contributed by atoms with van der Waals surface area (Å²) >= 11 is 0. The lowest BCUT2D eigenvalue weighted by Crippen LogP contribution is -2.69. The third kappa shape index (κ3) is 5.80. The van der Waals surface area contributed by atoms with Crippen molar-refractivity contribution in [2.75, 3.05) is 0 Å². The summed E-state index contributed by atoms with van der Waals surface area (Å²) < 4.78 is 0. The summed E-state index contributed by atoms with van der Waals surface area (Å²) in [5.74, 6) is 0. The molecule has 0 aliphatic heterocycles. The van der Waals surface area contributed by atoms with Gasteiger partial charge in [0.05, 0.1) is 0 Å². The van der Waals surface area contributed by atoms with Gasteiger partial charge < -0.3 is 0 Å². The zero-order valence-corrected chi connectivity index (χ0v) is 26.7. The lowest BCUT2D eigenvalue weighted by atomic mass is 10.1. The van der Waals surface area contributed by atoms with E-state index in [1.165, 1.54) is 39.8 Å². The molecule has 0 unspecified atom stereocenters. The number of hydrogen-bond acceptors (Lipinski definition) is 0. The molecule has 0 nitrogen and oxygen atoms in total. The summed E-state index contributed by atoms with van der Waals surface area (Å²) in [6.45, 7) is 16.3. The minimum absolute atomic E-state index is 1.08. The highest BCUT2D eigenvalue weighted by atomic mass is 28.3. The van der Waals surface area contributed by atoms with Crippen LogP contribution in [0.2, 0.25) is 0 Å². The van der Waals surface area contributed by atoms with Crippen molar-refractivity contribution < 1.29 is 0 Å². The minimum atomic E-state index is -2.56. The van der Waals surface area contributed by atoms with Crippen LogP contribution in [0.5, 0.6) is 0 Å². The van der Waals surface area contributed by atoms with Crippen LogP contribution in [-0.2, 0) is 38.5 Å². The van der Waals surface area contributed by atoms with E-state index in [1.54, 1.807) is 26.3 Å². The SMILES string of the molecule is CCCC1=C([Si](c2cc(CC)cc(CC)c2)(c2cc(CC)cc(CC)c2)c2cc(CC)cc(CC)c2)CC=C1. The smallest absolute Gasteiger partial charge is 0.0805 e. The molecule has 0 saturated carbocycles. The van der Waals surface area contributed by atoms with E-state index in [1.807, 2.05) is 0 Å². The molecule has 39 heavy (non-hydrogen) atoms. The molecule has 3 aromatic rings. The van der Waals surface area contributed by atoms with Gasteiger partial charge in [-0.1, -0.05) is 132 Å². The molecule has 0 N–H and O–H groups in total. The van der Waals surface area contributed by atoms with Crippen LogP contribution in [0, 0.1) is 0 Å². The van der Waals surface area contributed by atoms with Gasteiger partial charge in [0.2, 0.25) is 0 Å². The first kappa shape index (κ1) is 29.3. The second kappa shape index (κ2) is 13.1. The van der Waals surface area contributed by atoms with Crippen molar-refractivity contribution >= 4 is 23.6 Å². The molecule has 1 heteroatoms. The van der Waals surface area contributed by atoms with E-state index in [-0.39, 0.29) is 0 Å². The maximum absolute atomic E-state index is 2.61. The summed E-state index contributed by atoms with van der Waals surface area (Å²) in [7, 11) is -2.56. The molecule has 0 atom stereocenters. The van der Waals surface area contributed by atoms with Crippen molar-refractivity contribution in [3.63, 3.8) is 0 Å². The molecule has 3 aromatic carbocycles. The van der Waals surface area contributed by atoms with E-state index >= 15 is 0 Å². The van der Waals surface area contributed by atoms with Crippen LogP contribution < -0.4 is 15.6 Å². The van der Waals surface area contributed by atoms with Gasteiger partial charge in [-0.15, -0.1) is 0 Å². The van der Waals surface area contributed by atoms with E-state index in [2.05, 4.69) is 115 Å². The van der Waals surface area contributed by atoms with E-state index in [0.29, 0.717) is 0 Å². The first-order chi connectivity index (χ1) is 19.0. The predicted molar refractivity (Wildman–Crippen MR) is 176 cm³/mol. The first-order valence-electron chi connectivity index (χ1n) is 15.8. The Morgan fingerprint density at radius 1 is 0.487 bits per heavy atom. The quantitative estimate of drug-likeness (QED) is 0.163. The maximum atomic E-state index is 2.61. The van der Waals surface area contributed by atoms with Crippen molar-refractivity contribution in [3.05, 3.63) is 111 Å². The number of hydrogen-bond donors (Lipinski definition) is 0. The molecule has 0 aromatic heterocycles. The van der Waals surface area contributed by atoms with Crippen LogP contribution in [0.25, 0.3) is 0 Å². The largest absolute Gasteiger partial charge is 0.176 e. The zero-order valence-electron chi connectivity index (χ0n) is 25.7. The molecule has 0 heterocycles. The van der Waals surface area contributed by atoms with Crippen molar-refractivity contribution in [3.8, 4) is 0 Å². The predicted octanol–water partition coefficient (Wildman–Crippen LogP) is 8.13. The number of benzene rings is 3. The third-order valence-electron chi connectivity index (χ3n) is 8.91. The fourth-order valence-electron chi connectivity index (χ4n) is 6.63. The van der Waals surface area contributed by atoms with Gasteiger partial charge in [0.1, 0.15) is 0 Å². The highest BCUT2D eigenvalue weighted by Gasteiger charge is 2.45. The summed E-state index contributed by atoms with van der Waals surface area (Å²) in [6.07, 6.45) is 14.8. The fourth-order valence-corrected chi connectivity index (χ4v) is 12.2.